The molecule has 134 valence electrons. The Balaban J connectivity index is 2.21. The van der Waals surface area contributed by atoms with Gasteiger partial charge >= 0.3 is 6.09 Å². The first-order valence-corrected chi connectivity index (χ1v) is 8.81. The zero-order valence-electron chi connectivity index (χ0n) is 15.1. The fraction of sp³-hybridized carbons (Fsp3) is 0.389. The molecule has 0 aliphatic heterocycles. The van der Waals surface area contributed by atoms with Crippen molar-refractivity contribution >= 4 is 29.0 Å². The Morgan fingerprint density at radius 1 is 1.28 bits per heavy atom. The second-order valence-electron chi connectivity index (χ2n) is 6.68. The molecule has 2 aromatic rings. The maximum Gasteiger partial charge on any atom is 0.407 e. The maximum absolute atomic E-state index is 11.8. The van der Waals surface area contributed by atoms with Crippen LogP contribution < -0.4 is 10.6 Å². The summed E-state index contributed by atoms with van der Waals surface area (Å²) in [5.41, 5.74) is 4.61. The number of aromatic nitrogens is 1. The van der Waals surface area contributed by atoms with Crippen LogP contribution in [0.25, 0.3) is 10.4 Å². The number of alkyl carbamates (subject to hydrolysis) is 1. The van der Waals surface area contributed by atoms with Gasteiger partial charge in [-0.3, -0.25) is 4.79 Å². The lowest BCUT2D eigenvalue weighted by Gasteiger charge is -2.20. The lowest BCUT2D eigenvalue weighted by atomic mass is 10.1. The van der Waals surface area contributed by atoms with E-state index < -0.39 is 11.7 Å². The summed E-state index contributed by atoms with van der Waals surface area (Å²) in [6, 6.07) is 5.74. The van der Waals surface area contributed by atoms with Gasteiger partial charge in [-0.05, 0) is 44.9 Å². The van der Waals surface area contributed by atoms with Crippen LogP contribution in [0.5, 0.6) is 0 Å². The molecule has 1 aromatic heterocycles. The minimum absolute atomic E-state index is 0.170. The topological polar surface area (TPSA) is 80.3 Å². The Morgan fingerprint density at radius 3 is 2.56 bits per heavy atom. The van der Waals surface area contributed by atoms with Crippen LogP contribution in [0.2, 0.25) is 0 Å². The van der Waals surface area contributed by atoms with E-state index in [4.69, 9.17) is 4.74 Å². The zero-order valence-corrected chi connectivity index (χ0v) is 15.9. The van der Waals surface area contributed by atoms with Crippen LogP contribution in [0.1, 0.15) is 39.0 Å². The fourth-order valence-corrected chi connectivity index (χ4v) is 3.04. The number of hydrogen-bond donors (Lipinski definition) is 2. The molecular weight excluding hydrogens is 338 g/mol. The quantitative estimate of drug-likeness (QED) is 0.859. The Hall–Kier alpha value is -2.41. The second kappa shape index (κ2) is 7.65. The number of hydrogen-bond acceptors (Lipinski definition) is 5. The van der Waals surface area contributed by atoms with Crippen LogP contribution in [-0.4, -0.2) is 22.6 Å². The van der Waals surface area contributed by atoms with Crippen molar-refractivity contribution in [2.45, 2.75) is 46.8 Å². The van der Waals surface area contributed by atoms with Crippen molar-refractivity contribution < 1.29 is 14.3 Å². The predicted molar refractivity (Wildman–Crippen MR) is 99.7 cm³/mol. The Bertz CT molecular complexity index is 778. The van der Waals surface area contributed by atoms with Gasteiger partial charge in [-0.25, -0.2) is 9.78 Å². The van der Waals surface area contributed by atoms with Gasteiger partial charge in [-0.1, -0.05) is 12.1 Å². The van der Waals surface area contributed by atoms with Gasteiger partial charge in [0.2, 0.25) is 5.91 Å². The number of nitrogens with zero attached hydrogens (tertiary/aromatic N) is 1. The molecule has 0 aliphatic rings. The number of amides is 2. The third-order valence-electron chi connectivity index (χ3n) is 3.25. The first kappa shape index (κ1) is 18.9. The minimum Gasteiger partial charge on any atom is -0.444 e. The number of carbonyl (C=O) groups excluding carboxylic acids is 2. The van der Waals surface area contributed by atoms with Crippen molar-refractivity contribution in [3.05, 3.63) is 35.0 Å². The number of ether oxygens (including phenoxy) is 1. The van der Waals surface area contributed by atoms with Gasteiger partial charge in [-0.2, -0.15) is 0 Å². The van der Waals surface area contributed by atoms with Crippen LogP contribution in [0.4, 0.5) is 10.5 Å². The first-order valence-electron chi connectivity index (χ1n) is 7.93. The maximum atomic E-state index is 11.8. The molecule has 0 atom stereocenters. The number of thiazole rings is 1. The molecule has 0 unspecified atom stereocenters. The summed E-state index contributed by atoms with van der Waals surface area (Å²) in [6.45, 7) is 9.08. The Labute approximate surface area is 151 Å². The molecule has 0 bridgehead atoms. The van der Waals surface area contributed by atoms with E-state index in [0.29, 0.717) is 5.69 Å². The molecule has 0 fully saturated rings. The molecule has 0 aliphatic carbocycles. The summed E-state index contributed by atoms with van der Waals surface area (Å²) in [5, 5.41) is 5.53. The number of rotatable bonds is 4. The molecule has 2 amide bonds. The molecule has 2 N–H and O–H groups in total. The van der Waals surface area contributed by atoms with Crippen molar-refractivity contribution in [1.82, 2.24) is 10.3 Å². The largest absolute Gasteiger partial charge is 0.444 e. The highest BCUT2D eigenvalue weighted by molar-refractivity contribution is 7.13. The molecule has 7 heteroatoms. The Morgan fingerprint density at radius 2 is 2.00 bits per heavy atom. The van der Waals surface area contributed by atoms with E-state index in [2.05, 4.69) is 15.6 Å². The summed E-state index contributed by atoms with van der Waals surface area (Å²) in [4.78, 5) is 28.7. The summed E-state index contributed by atoms with van der Waals surface area (Å²) in [7, 11) is 0. The smallest absolute Gasteiger partial charge is 0.407 e. The van der Waals surface area contributed by atoms with E-state index in [0.717, 1.165) is 21.7 Å². The highest BCUT2D eigenvalue weighted by Crippen LogP contribution is 2.31. The van der Waals surface area contributed by atoms with E-state index in [9.17, 15) is 9.59 Å². The number of aryl methyl sites for hydroxylation is 1. The summed E-state index contributed by atoms with van der Waals surface area (Å²) in [6.07, 6.45) is -0.497. The van der Waals surface area contributed by atoms with Gasteiger partial charge in [0.25, 0.3) is 0 Å². The van der Waals surface area contributed by atoms with E-state index >= 15 is 0 Å². The lowest BCUT2D eigenvalue weighted by molar-refractivity contribution is -0.114. The van der Waals surface area contributed by atoms with Crippen LogP contribution in [-0.2, 0) is 16.1 Å². The summed E-state index contributed by atoms with van der Waals surface area (Å²) >= 11 is 1.55. The lowest BCUT2D eigenvalue weighted by Crippen LogP contribution is -2.32. The van der Waals surface area contributed by atoms with Crippen molar-refractivity contribution in [2.24, 2.45) is 0 Å². The molecule has 0 saturated carbocycles. The van der Waals surface area contributed by atoms with E-state index in [1.54, 1.807) is 16.8 Å². The third-order valence-corrected chi connectivity index (χ3v) is 4.23. The molecule has 2 rings (SSSR count). The van der Waals surface area contributed by atoms with Gasteiger partial charge in [-0.15, -0.1) is 11.3 Å². The van der Waals surface area contributed by atoms with Crippen LogP contribution >= 0.6 is 11.3 Å². The summed E-state index contributed by atoms with van der Waals surface area (Å²) in [5.74, 6) is -0.170. The van der Waals surface area contributed by atoms with Gasteiger partial charge in [0, 0.05) is 19.2 Å². The fourth-order valence-electron chi connectivity index (χ4n) is 2.24. The van der Waals surface area contributed by atoms with Crippen molar-refractivity contribution in [2.75, 3.05) is 5.32 Å². The minimum atomic E-state index is -0.557. The Kier molecular flexibility index (Phi) is 5.79. The van der Waals surface area contributed by atoms with Gasteiger partial charge in [0.05, 0.1) is 16.1 Å². The zero-order chi connectivity index (χ0) is 18.6. The van der Waals surface area contributed by atoms with Crippen LogP contribution in [0, 0.1) is 6.92 Å². The summed E-state index contributed by atoms with van der Waals surface area (Å²) < 4.78 is 5.23. The molecule has 1 aromatic carbocycles. The molecule has 0 spiro atoms. The van der Waals surface area contributed by atoms with Crippen molar-refractivity contribution in [3.8, 4) is 10.4 Å². The predicted octanol–water partition coefficient (Wildman–Crippen LogP) is 4.10. The molecule has 6 nitrogen and oxygen atoms in total. The average molecular weight is 361 g/mol. The van der Waals surface area contributed by atoms with Crippen molar-refractivity contribution in [3.63, 3.8) is 0 Å². The van der Waals surface area contributed by atoms with Crippen LogP contribution in [0.15, 0.2) is 23.7 Å². The van der Waals surface area contributed by atoms with Crippen LogP contribution in [0.3, 0.4) is 0 Å². The number of benzene rings is 1. The van der Waals surface area contributed by atoms with E-state index in [1.807, 2.05) is 45.9 Å². The molecular formula is C18H23N3O3S. The molecule has 0 radical (unpaired) electrons. The number of anilines is 1. The first-order chi connectivity index (χ1) is 11.7. The number of carbonyl (C=O) groups is 2. The average Bonchev–Trinajstić information content (AvgIpc) is 2.89. The normalized spacial score (nSPS) is 11.1. The van der Waals surface area contributed by atoms with Crippen molar-refractivity contribution in [1.29, 1.82) is 0 Å². The molecule has 0 saturated heterocycles. The molecule has 1 heterocycles. The highest BCUT2D eigenvalue weighted by atomic mass is 32.1. The number of nitrogens with one attached hydrogen (secondary N) is 2. The van der Waals surface area contributed by atoms with Gasteiger partial charge < -0.3 is 15.4 Å². The van der Waals surface area contributed by atoms with E-state index in [-0.39, 0.29) is 12.5 Å². The van der Waals surface area contributed by atoms with E-state index in [1.165, 1.54) is 6.92 Å². The molecule has 25 heavy (non-hydrogen) atoms. The standard InChI is InChI=1S/C18H23N3O3S/c1-11-16(25-10-20-11)13-6-7-14(15(8-13)21-12(2)22)9-19-17(23)24-18(3,4)5/h6-8,10H,9H2,1-5H3,(H,19,23)(H,21,22). The van der Waals surface area contributed by atoms with Gasteiger partial charge in [0.15, 0.2) is 0 Å². The third kappa shape index (κ3) is 5.56. The van der Waals surface area contributed by atoms with Gasteiger partial charge in [0.1, 0.15) is 5.60 Å². The second-order valence-corrected chi connectivity index (χ2v) is 7.53. The SMILES string of the molecule is CC(=O)Nc1cc(-c2scnc2C)ccc1CNC(=O)OC(C)(C)C. The highest BCUT2D eigenvalue weighted by Gasteiger charge is 2.16. The monoisotopic (exact) mass is 361 g/mol.